The zero-order valence-electron chi connectivity index (χ0n) is 13.1. The average molecular weight is 333 g/mol. The molecule has 0 radical (unpaired) electrons. The minimum atomic E-state index is -0.287. The van der Waals surface area contributed by atoms with Crippen LogP contribution in [-0.4, -0.2) is 18.9 Å². The zero-order chi connectivity index (χ0) is 17.0. The van der Waals surface area contributed by atoms with Crippen molar-refractivity contribution >= 4 is 34.8 Å². The molecule has 0 fully saturated rings. The van der Waals surface area contributed by atoms with E-state index in [-0.39, 0.29) is 11.8 Å². The average Bonchev–Trinajstić information content (AvgIpc) is 2.49. The maximum absolute atomic E-state index is 12.4. The first-order valence-corrected chi connectivity index (χ1v) is 7.31. The molecular formula is C17H17ClN2O3. The van der Waals surface area contributed by atoms with Gasteiger partial charge < -0.3 is 15.4 Å². The lowest BCUT2D eigenvalue weighted by Crippen LogP contribution is -2.14. The van der Waals surface area contributed by atoms with Gasteiger partial charge in [0.2, 0.25) is 5.91 Å². The number of amides is 2. The standard InChI is InChI=1S/C17H17ClN2O3/c1-10-8-13(18)5-6-14(10)20-17(22)12-4-7-16(23-3)15(9-12)19-11(2)21/h4-9H,1-3H3,(H,19,21)(H,20,22). The highest BCUT2D eigenvalue weighted by molar-refractivity contribution is 6.30. The number of ether oxygens (including phenoxy) is 1. The van der Waals surface area contributed by atoms with Crippen LogP contribution in [0, 0.1) is 6.92 Å². The predicted molar refractivity (Wildman–Crippen MR) is 91.4 cm³/mol. The summed E-state index contributed by atoms with van der Waals surface area (Å²) in [4.78, 5) is 23.6. The molecule has 0 saturated carbocycles. The first-order chi connectivity index (χ1) is 10.9. The molecule has 0 atom stereocenters. The molecule has 0 heterocycles. The predicted octanol–water partition coefficient (Wildman–Crippen LogP) is 3.87. The molecular weight excluding hydrogens is 316 g/mol. The minimum absolute atomic E-state index is 0.241. The second kappa shape index (κ2) is 7.15. The molecule has 2 rings (SSSR count). The molecule has 2 amide bonds. The molecule has 0 bridgehead atoms. The summed E-state index contributed by atoms with van der Waals surface area (Å²) in [6, 6.07) is 10.1. The number of halogens is 1. The van der Waals surface area contributed by atoms with Crippen LogP contribution in [0.1, 0.15) is 22.8 Å². The van der Waals surface area contributed by atoms with Gasteiger partial charge in [-0.15, -0.1) is 0 Å². The maximum atomic E-state index is 12.4. The Morgan fingerprint density at radius 2 is 1.78 bits per heavy atom. The Hall–Kier alpha value is -2.53. The Morgan fingerprint density at radius 1 is 1.04 bits per heavy atom. The van der Waals surface area contributed by atoms with E-state index in [0.29, 0.717) is 27.7 Å². The highest BCUT2D eigenvalue weighted by Crippen LogP contribution is 2.26. The first-order valence-electron chi connectivity index (χ1n) is 6.94. The Morgan fingerprint density at radius 3 is 2.39 bits per heavy atom. The Bertz CT molecular complexity index is 759. The van der Waals surface area contributed by atoms with Crippen LogP contribution in [0.2, 0.25) is 5.02 Å². The van der Waals surface area contributed by atoms with Gasteiger partial charge in [0.05, 0.1) is 12.8 Å². The number of nitrogens with one attached hydrogen (secondary N) is 2. The summed E-state index contributed by atoms with van der Waals surface area (Å²) in [5.41, 5.74) is 2.39. The normalized spacial score (nSPS) is 10.1. The Kier molecular flexibility index (Phi) is 5.24. The van der Waals surface area contributed by atoms with Crippen LogP contribution in [0.5, 0.6) is 5.75 Å². The monoisotopic (exact) mass is 332 g/mol. The summed E-state index contributed by atoms with van der Waals surface area (Å²) < 4.78 is 5.17. The van der Waals surface area contributed by atoms with E-state index in [2.05, 4.69) is 10.6 Å². The molecule has 120 valence electrons. The van der Waals surface area contributed by atoms with Gasteiger partial charge in [-0.05, 0) is 48.9 Å². The van der Waals surface area contributed by atoms with E-state index >= 15 is 0 Å². The van der Waals surface area contributed by atoms with Gasteiger partial charge in [-0.1, -0.05) is 11.6 Å². The lowest BCUT2D eigenvalue weighted by molar-refractivity contribution is -0.114. The molecule has 2 N–H and O–H groups in total. The number of aryl methyl sites for hydroxylation is 1. The molecule has 6 heteroatoms. The van der Waals surface area contributed by atoms with Gasteiger partial charge in [0, 0.05) is 23.2 Å². The summed E-state index contributed by atoms with van der Waals surface area (Å²) >= 11 is 5.91. The van der Waals surface area contributed by atoms with Crippen LogP contribution in [-0.2, 0) is 4.79 Å². The summed E-state index contributed by atoms with van der Waals surface area (Å²) in [5.74, 6) is -0.0431. The molecule has 5 nitrogen and oxygen atoms in total. The summed E-state index contributed by atoms with van der Waals surface area (Å²) in [7, 11) is 1.50. The quantitative estimate of drug-likeness (QED) is 0.893. The van der Waals surface area contributed by atoms with E-state index in [4.69, 9.17) is 16.3 Å². The van der Waals surface area contributed by atoms with Crippen molar-refractivity contribution in [2.45, 2.75) is 13.8 Å². The van der Waals surface area contributed by atoms with Crippen molar-refractivity contribution in [3.8, 4) is 5.75 Å². The van der Waals surface area contributed by atoms with Gasteiger partial charge >= 0.3 is 0 Å². The second-order valence-corrected chi connectivity index (χ2v) is 5.45. The summed E-state index contributed by atoms with van der Waals surface area (Å²) in [6.07, 6.45) is 0. The van der Waals surface area contributed by atoms with E-state index < -0.39 is 0 Å². The van der Waals surface area contributed by atoms with Gasteiger partial charge in [-0.25, -0.2) is 0 Å². The number of methoxy groups -OCH3 is 1. The number of benzene rings is 2. The van der Waals surface area contributed by atoms with E-state index in [1.165, 1.54) is 14.0 Å². The van der Waals surface area contributed by atoms with Gasteiger partial charge in [0.25, 0.3) is 5.91 Å². The van der Waals surface area contributed by atoms with Gasteiger partial charge in [-0.3, -0.25) is 9.59 Å². The second-order valence-electron chi connectivity index (χ2n) is 5.01. The molecule has 23 heavy (non-hydrogen) atoms. The molecule has 2 aromatic rings. The smallest absolute Gasteiger partial charge is 0.255 e. The third-order valence-corrected chi connectivity index (χ3v) is 3.44. The largest absolute Gasteiger partial charge is 0.495 e. The Labute approximate surface area is 139 Å². The zero-order valence-corrected chi connectivity index (χ0v) is 13.8. The fourth-order valence-corrected chi connectivity index (χ4v) is 2.33. The Balaban J connectivity index is 2.26. The number of hydrogen-bond acceptors (Lipinski definition) is 3. The lowest BCUT2D eigenvalue weighted by Gasteiger charge is -2.12. The highest BCUT2D eigenvalue weighted by Gasteiger charge is 2.12. The molecule has 0 aliphatic rings. The van der Waals surface area contributed by atoms with Crippen LogP contribution in [0.15, 0.2) is 36.4 Å². The minimum Gasteiger partial charge on any atom is -0.495 e. The fraction of sp³-hybridized carbons (Fsp3) is 0.176. The lowest BCUT2D eigenvalue weighted by atomic mass is 10.1. The van der Waals surface area contributed by atoms with E-state index in [9.17, 15) is 9.59 Å². The van der Waals surface area contributed by atoms with Crippen LogP contribution >= 0.6 is 11.6 Å². The first kappa shape index (κ1) is 16.8. The van der Waals surface area contributed by atoms with E-state index in [0.717, 1.165) is 5.56 Å². The van der Waals surface area contributed by atoms with E-state index in [1.807, 2.05) is 6.92 Å². The van der Waals surface area contributed by atoms with Crippen LogP contribution in [0.25, 0.3) is 0 Å². The van der Waals surface area contributed by atoms with Gasteiger partial charge in [0.15, 0.2) is 0 Å². The maximum Gasteiger partial charge on any atom is 0.255 e. The van der Waals surface area contributed by atoms with Crippen molar-refractivity contribution in [2.75, 3.05) is 17.7 Å². The van der Waals surface area contributed by atoms with Crippen LogP contribution in [0.3, 0.4) is 0 Å². The number of anilines is 2. The molecule has 0 aromatic heterocycles. The SMILES string of the molecule is COc1ccc(C(=O)Nc2ccc(Cl)cc2C)cc1NC(C)=O. The fourth-order valence-electron chi connectivity index (χ4n) is 2.10. The number of carbonyl (C=O) groups is 2. The molecule has 0 saturated heterocycles. The molecule has 0 unspecified atom stereocenters. The molecule has 2 aromatic carbocycles. The van der Waals surface area contributed by atoms with Crippen molar-refractivity contribution in [3.05, 3.63) is 52.5 Å². The number of carbonyl (C=O) groups excluding carboxylic acids is 2. The van der Waals surface area contributed by atoms with Crippen molar-refractivity contribution in [1.29, 1.82) is 0 Å². The third-order valence-electron chi connectivity index (χ3n) is 3.21. The van der Waals surface area contributed by atoms with Crippen molar-refractivity contribution in [3.63, 3.8) is 0 Å². The third kappa shape index (κ3) is 4.23. The van der Waals surface area contributed by atoms with Gasteiger partial charge in [-0.2, -0.15) is 0 Å². The molecule has 0 spiro atoms. The van der Waals surface area contributed by atoms with Crippen molar-refractivity contribution < 1.29 is 14.3 Å². The molecule has 0 aliphatic carbocycles. The van der Waals surface area contributed by atoms with Crippen molar-refractivity contribution in [2.24, 2.45) is 0 Å². The van der Waals surface area contributed by atoms with Crippen molar-refractivity contribution in [1.82, 2.24) is 0 Å². The van der Waals surface area contributed by atoms with Crippen LogP contribution in [0.4, 0.5) is 11.4 Å². The van der Waals surface area contributed by atoms with Crippen LogP contribution < -0.4 is 15.4 Å². The highest BCUT2D eigenvalue weighted by atomic mass is 35.5. The number of hydrogen-bond donors (Lipinski definition) is 2. The molecule has 0 aliphatic heterocycles. The summed E-state index contributed by atoms with van der Waals surface area (Å²) in [5, 5.41) is 6.07. The van der Waals surface area contributed by atoms with E-state index in [1.54, 1.807) is 36.4 Å². The summed E-state index contributed by atoms with van der Waals surface area (Å²) in [6.45, 7) is 3.25. The number of rotatable bonds is 4. The topological polar surface area (TPSA) is 67.4 Å². The van der Waals surface area contributed by atoms with Gasteiger partial charge in [0.1, 0.15) is 5.75 Å².